The van der Waals surface area contributed by atoms with Gasteiger partial charge in [-0.15, -0.1) is 0 Å². The highest BCUT2D eigenvalue weighted by Crippen LogP contribution is 2.36. The van der Waals surface area contributed by atoms with E-state index >= 15 is 0 Å². The molecule has 0 heterocycles. The minimum absolute atomic E-state index is 0.118. The Balaban J connectivity index is 4.93. The molecule has 22 heavy (non-hydrogen) atoms. The SMILES string of the molecule is CCCCCC(C)C(C)(C#CC(O)(O)CCCC)CCCC. The van der Waals surface area contributed by atoms with Gasteiger partial charge in [0.2, 0.25) is 5.79 Å². The van der Waals surface area contributed by atoms with E-state index < -0.39 is 5.79 Å². The highest BCUT2D eigenvalue weighted by atomic mass is 16.5. The van der Waals surface area contributed by atoms with Gasteiger partial charge in [0.1, 0.15) is 0 Å². The van der Waals surface area contributed by atoms with Gasteiger partial charge < -0.3 is 10.2 Å². The summed E-state index contributed by atoms with van der Waals surface area (Å²) in [6.07, 6.45) is 10.3. The molecule has 0 aromatic carbocycles. The van der Waals surface area contributed by atoms with Crippen molar-refractivity contribution >= 4 is 0 Å². The summed E-state index contributed by atoms with van der Waals surface area (Å²) in [4.78, 5) is 0. The van der Waals surface area contributed by atoms with E-state index in [-0.39, 0.29) is 5.41 Å². The minimum atomic E-state index is -1.83. The van der Waals surface area contributed by atoms with Crippen LogP contribution in [0.5, 0.6) is 0 Å². The first kappa shape index (κ1) is 21.5. The van der Waals surface area contributed by atoms with Gasteiger partial charge in [0.25, 0.3) is 0 Å². The molecule has 0 aromatic heterocycles. The van der Waals surface area contributed by atoms with Crippen molar-refractivity contribution in [2.24, 2.45) is 11.3 Å². The van der Waals surface area contributed by atoms with Crippen LogP contribution in [0, 0.1) is 23.2 Å². The van der Waals surface area contributed by atoms with Crippen molar-refractivity contribution in [3.8, 4) is 11.8 Å². The summed E-state index contributed by atoms with van der Waals surface area (Å²) in [7, 11) is 0. The third-order valence-corrected chi connectivity index (χ3v) is 4.81. The molecular weight excluding hydrogens is 272 g/mol. The Morgan fingerprint density at radius 2 is 1.36 bits per heavy atom. The van der Waals surface area contributed by atoms with Gasteiger partial charge in [-0.25, -0.2) is 0 Å². The molecule has 0 fully saturated rings. The normalized spacial score (nSPS) is 15.8. The average Bonchev–Trinajstić information content (AvgIpc) is 2.49. The number of aliphatic hydroxyl groups is 2. The second-order valence-electron chi connectivity index (χ2n) is 7.09. The Bertz CT molecular complexity index is 337. The number of hydrogen-bond donors (Lipinski definition) is 2. The molecule has 0 bridgehead atoms. The highest BCUT2D eigenvalue weighted by Gasteiger charge is 2.29. The molecular formula is C20H38O2. The van der Waals surface area contributed by atoms with E-state index in [0.29, 0.717) is 12.3 Å². The molecule has 2 heteroatoms. The van der Waals surface area contributed by atoms with Gasteiger partial charge in [-0.05, 0) is 38.0 Å². The first-order valence-electron chi connectivity index (χ1n) is 9.30. The quantitative estimate of drug-likeness (QED) is 0.310. The molecule has 2 atom stereocenters. The standard InChI is InChI=1S/C20H38O2/c1-6-9-12-13-18(4)19(5,14-10-7-2)16-17-20(21,22)15-11-8-3/h18,21-22H,6-15H2,1-5H3. The first-order chi connectivity index (χ1) is 10.3. The van der Waals surface area contributed by atoms with Crippen molar-refractivity contribution in [3.63, 3.8) is 0 Å². The monoisotopic (exact) mass is 310 g/mol. The van der Waals surface area contributed by atoms with E-state index in [9.17, 15) is 10.2 Å². The summed E-state index contributed by atoms with van der Waals surface area (Å²) in [6, 6.07) is 0. The van der Waals surface area contributed by atoms with Crippen LogP contribution in [0.4, 0.5) is 0 Å². The molecule has 0 aliphatic carbocycles. The van der Waals surface area contributed by atoms with Crippen molar-refractivity contribution in [3.05, 3.63) is 0 Å². The lowest BCUT2D eigenvalue weighted by Crippen LogP contribution is -2.29. The van der Waals surface area contributed by atoms with Gasteiger partial charge in [-0.2, -0.15) is 0 Å². The van der Waals surface area contributed by atoms with Crippen molar-refractivity contribution in [1.82, 2.24) is 0 Å². The van der Waals surface area contributed by atoms with E-state index in [1.807, 2.05) is 6.92 Å². The van der Waals surface area contributed by atoms with Crippen LogP contribution in [0.1, 0.15) is 98.8 Å². The highest BCUT2D eigenvalue weighted by molar-refractivity contribution is 5.17. The predicted octanol–water partition coefficient (Wildman–Crippen LogP) is 5.27. The third-order valence-electron chi connectivity index (χ3n) is 4.81. The lowest BCUT2D eigenvalue weighted by atomic mass is 9.72. The number of hydrogen-bond acceptors (Lipinski definition) is 2. The summed E-state index contributed by atoms with van der Waals surface area (Å²) >= 11 is 0. The van der Waals surface area contributed by atoms with Crippen LogP contribution < -0.4 is 0 Å². The topological polar surface area (TPSA) is 40.5 Å². The Morgan fingerprint density at radius 1 is 0.818 bits per heavy atom. The fraction of sp³-hybridized carbons (Fsp3) is 0.900. The molecule has 0 amide bonds. The molecule has 2 nitrogen and oxygen atoms in total. The van der Waals surface area contributed by atoms with Crippen molar-refractivity contribution in [2.75, 3.05) is 0 Å². The Kier molecular flexibility index (Phi) is 10.8. The summed E-state index contributed by atoms with van der Waals surface area (Å²) in [6.45, 7) is 10.9. The summed E-state index contributed by atoms with van der Waals surface area (Å²) in [5.74, 6) is 4.69. The largest absolute Gasteiger partial charge is 0.356 e. The third kappa shape index (κ3) is 8.81. The lowest BCUT2D eigenvalue weighted by molar-refractivity contribution is -0.115. The van der Waals surface area contributed by atoms with Crippen LogP contribution in [-0.4, -0.2) is 16.0 Å². The predicted molar refractivity (Wildman–Crippen MR) is 95.4 cm³/mol. The van der Waals surface area contributed by atoms with Gasteiger partial charge in [-0.3, -0.25) is 0 Å². The van der Waals surface area contributed by atoms with E-state index in [0.717, 1.165) is 32.1 Å². The Morgan fingerprint density at radius 3 is 1.91 bits per heavy atom. The molecule has 0 spiro atoms. The molecule has 0 aromatic rings. The zero-order chi connectivity index (χ0) is 17.1. The number of rotatable bonds is 11. The van der Waals surface area contributed by atoms with Crippen LogP contribution in [0.15, 0.2) is 0 Å². The molecule has 0 aliphatic heterocycles. The smallest absolute Gasteiger partial charge is 0.228 e. The second-order valence-corrected chi connectivity index (χ2v) is 7.09. The van der Waals surface area contributed by atoms with Crippen molar-refractivity contribution in [2.45, 2.75) is 105 Å². The Hall–Kier alpha value is -0.520. The molecule has 0 aliphatic rings. The van der Waals surface area contributed by atoms with E-state index in [1.165, 1.54) is 25.7 Å². The van der Waals surface area contributed by atoms with E-state index in [1.54, 1.807) is 0 Å². The summed E-state index contributed by atoms with van der Waals surface area (Å²) in [5.41, 5.74) is -0.118. The maximum Gasteiger partial charge on any atom is 0.228 e. The van der Waals surface area contributed by atoms with Crippen LogP contribution in [0.25, 0.3) is 0 Å². The molecule has 0 saturated heterocycles. The molecule has 0 saturated carbocycles. The lowest BCUT2D eigenvalue weighted by Gasteiger charge is -2.31. The van der Waals surface area contributed by atoms with Crippen LogP contribution >= 0.6 is 0 Å². The van der Waals surface area contributed by atoms with Crippen LogP contribution in [0.3, 0.4) is 0 Å². The minimum Gasteiger partial charge on any atom is -0.356 e. The van der Waals surface area contributed by atoms with Crippen LogP contribution in [0.2, 0.25) is 0 Å². The fourth-order valence-electron chi connectivity index (χ4n) is 2.72. The van der Waals surface area contributed by atoms with Crippen molar-refractivity contribution < 1.29 is 10.2 Å². The van der Waals surface area contributed by atoms with Gasteiger partial charge >= 0.3 is 0 Å². The zero-order valence-corrected chi connectivity index (χ0v) is 15.5. The molecule has 0 rings (SSSR count). The molecule has 2 N–H and O–H groups in total. The van der Waals surface area contributed by atoms with Gasteiger partial charge in [0.05, 0.1) is 0 Å². The molecule has 2 unspecified atom stereocenters. The number of unbranched alkanes of at least 4 members (excludes halogenated alkanes) is 4. The van der Waals surface area contributed by atoms with Gasteiger partial charge in [0.15, 0.2) is 0 Å². The van der Waals surface area contributed by atoms with E-state index in [2.05, 4.69) is 39.5 Å². The second kappa shape index (κ2) is 11.1. The average molecular weight is 311 g/mol. The van der Waals surface area contributed by atoms with Crippen LogP contribution in [-0.2, 0) is 0 Å². The first-order valence-corrected chi connectivity index (χ1v) is 9.30. The van der Waals surface area contributed by atoms with Crippen molar-refractivity contribution in [1.29, 1.82) is 0 Å². The summed E-state index contributed by atoms with van der Waals surface area (Å²) < 4.78 is 0. The maximum absolute atomic E-state index is 10.0. The fourth-order valence-corrected chi connectivity index (χ4v) is 2.72. The van der Waals surface area contributed by atoms with Gasteiger partial charge in [0, 0.05) is 11.8 Å². The molecule has 0 radical (unpaired) electrons. The zero-order valence-electron chi connectivity index (χ0n) is 15.5. The Labute approximate surface area is 138 Å². The van der Waals surface area contributed by atoms with E-state index in [4.69, 9.17) is 0 Å². The maximum atomic E-state index is 10.0. The van der Waals surface area contributed by atoms with Gasteiger partial charge in [-0.1, -0.05) is 72.1 Å². The summed E-state index contributed by atoms with van der Waals surface area (Å²) in [5, 5.41) is 20.0. The molecule has 130 valence electrons.